The van der Waals surface area contributed by atoms with Crippen LogP contribution in [0.4, 0.5) is 11.4 Å². The Bertz CT molecular complexity index is 1110. The number of hydrogen-bond donors (Lipinski definition) is 0. The molecular weight excluding hydrogens is 434 g/mol. The number of pyridine rings is 1. The number of nitrogens with zero attached hydrogens (tertiary/aromatic N) is 5. The molecule has 4 rings (SSSR count). The second kappa shape index (κ2) is 11.4. The zero-order valence-corrected chi connectivity index (χ0v) is 19.2. The summed E-state index contributed by atoms with van der Waals surface area (Å²) in [7, 11) is 1.69. The van der Waals surface area contributed by atoms with Gasteiger partial charge in [-0.25, -0.2) is 0 Å². The maximum absolute atomic E-state index is 13.4. The highest BCUT2D eigenvalue weighted by Crippen LogP contribution is 2.28. The van der Waals surface area contributed by atoms with Crippen LogP contribution in [0.5, 0.6) is 0 Å². The summed E-state index contributed by atoms with van der Waals surface area (Å²) in [6, 6.07) is 23.1. The van der Waals surface area contributed by atoms with Crippen LogP contribution >= 0.6 is 11.8 Å². The van der Waals surface area contributed by atoms with Gasteiger partial charge in [-0.1, -0.05) is 48.2 Å². The Hall–Kier alpha value is -3.49. The molecule has 0 N–H and O–H groups in total. The van der Waals surface area contributed by atoms with E-state index in [0.717, 1.165) is 29.2 Å². The van der Waals surface area contributed by atoms with Crippen LogP contribution in [-0.2, 0) is 16.1 Å². The number of hydrogen-bond acceptors (Lipinski definition) is 6. The Balaban J connectivity index is 1.57. The van der Waals surface area contributed by atoms with Gasteiger partial charge in [-0.05, 0) is 42.8 Å². The van der Waals surface area contributed by atoms with Crippen molar-refractivity contribution in [3.05, 3.63) is 85.2 Å². The number of methoxy groups -OCH3 is 1. The molecule has 0 saturated carbocycles. The first-order valence-electron chi connectivity index (χ1n) is 10.7. The normalized spacial score (nSPS) is 10.8. The number of thioether (sulfide) groups is 1. The maximum Gasteiger partial charge on any atom is 0.242 e. The van der Waals surface area contributed by atoms with Gasteiger partial charge in [-0.2, -0.15) is 0 Å². The number of ether oxygens (including phenoxy) is 1. The fourth-order valence-electron chi connectivity index (χ4n) is 3.46. The van der Waals surface area contributed by atoms with Gasteiger partial charge in [-0.15, -0.1) is 10.2 Å². The van der Waals surface area contributed by atoms with Crippen LogP contribution in [0.3, 0.4) is 0 Å². The lowest BCUT2D eigenvalue weighted by atomic mass is 10.2. The average molecular weight is 460 g/mol. The average Bonchev–Trinajstić information content (AvgIpc) is 3.27. The Morgan fingerprint density at radius 1 is 0.939 bits per heavy atom. The summed E-state index contributed by atoms with van der Waals surface area (Å²) >= 11 is 1.39. The Labute approximate surface area is 197 Å². The molecule has 8 heteroatoms. The van der Waals surface area contributed by atoms with Gasteiger partial charge in [0.2, 0.25) is 5.91 Å². The molecule has 0 spiro atoms. The number of carbonyl (C=O) groups is 1. The number of benzene rings is 2. The third-order valence-electron chi connectivity index (χ3n) is 4.99. The zero-order valence-electron chi connectivity index (χ0n) is 18.4. The molecule has 0 aliphatic heterocycles. The minimum atomic E-state index is -0.0331. The number of rotatable bonds is 10. The Morgan fingerprint density at radius 3 is 2.18 bits per heavy atom. The van der Waals surface area contributed by atoms with E-state index < -0.39 is 0 Å². The van der Waals surface area contributed by atoms with Gasteiger partial charge in [-0.3, -0.25) is 14.7 Å². The van der Waals surface area contributed by atoms with Crippen LogP contribution in [0.15, 0.2) is 90.3 Å². The number of anilines is 2. The molecule has 4 aromatic rings. The summed E-state index contributed by atoms with van der Waals surface area (Å²) in [5.41, 5.74) is 2.59. The summed E-state index contributed by atoms with van der Waals surface area (Å²) < 4.78 is 7.26. The van der Waals surface area contributed by atoms with Gasteiger partial charge in [0.1, 0.15) is 0 Å². The molecule has 0 unspecified atom stereocenters. The van der Waals surface area contributed by atoms with Crippen molar-refractivity contribution in [2.24, 2.45) is 0 Å². The fourth-order valence-corrected chi connectivity index (χ4v) is 4.27. The van der Waals surface area contributed by atoms with Crippen LogP contribution in [0.1, 0.15) is 6.42 Å². The van der Waals surface area contributed by atoms with Crippen molar-refractivity contribution in [1.82, 2.24) is 19.7 Å². The van der Waals surface area contributed by atoms with Crippen molar-refractivity contribution in [2.75, 3.05) is 24.4 Å². The number of carbonyl (C=O) groups excluding carboxylic acids is 1. The lowest BCUT2D eigenvalue weighted by Gasteiger charge is -2.23. The lowest BCUT2D eigenvalue weighted by Crippen LogP contribution is -2.27. The maximum atomic E-state index is 13.4. The largest absolute Gasteiger partial charge is 0.385 e. The van der Waals surface area contributed by atoms with E-state index in [9.17, 15) is 4.79 Å². The predicted molar refractivity (Wildman–Crippen MR) is 130 cm³/mol. The summed E-state index contributed by atoms with van der Waals surface area (Å²) in [6.07, 6.45) is 4.28. The van der Waals surface area contributed by atoms with E-state index >= 15 is 0 Å². The SMILES string of the molecule is COCCCn1c(SCC(=O)N(c2ccccc2)c2ccccc2)nnc1-c1ccncc1. The summed E-state index contributed by atoms with van der Waals surface area (Å²) in [6.45, 7) is 1.32. The van der Waals surface area contributed by atoms with Crippen molar-refractivity contribution in [3.8, 4) is 11.4 Å². The second-order valence-corrected chi connectivity index (χ2v) is 8.17. The molecule has 1 amide bonds. The molecule has 0 aliphatic rings. The molecule has 2 heterocycles. The summed E-state index contributed by atoms with van der Waals surface area (Å²) in [5.74, 6) is 0.948. The molecule has 0 atom stereocenters. The number of para-hydroxylation sites is 2. The number of amides is 1. The van der Waals surface area contributed by atoms with Gasteiger partial charge in [0.05, 0.1) is 5.75 Å². The number of aromatic nitrogens is 4. The minimum absolute atomic E-state index is 0.0331. The van der Waals surface area contributed by atoms with Crippen molar-refractivity contribution >= 4 is 29.0 Å². The molecule has 0 radical (unpaired) electrons. The third kappa shape index (κ3) is 5.66. The van der Waals surface area contributed by atoms with Crippen molar-refractivity contribution in [1.29, 1.82) is 0 Å². The zero-order chi connectivity index (χ0) is 22.9. The van der Waals surface area contributed by atoms with E-state index in [-0.39, 0.29) is 11.7 Å². The second-order valence-electron chi connectivity index (χ2n) is 7.23. The summed E-state index contributed by atoms with van der Waals surface area (Å²) in [4.78, 5) is 19.2. The predicted octanol–water partition coefficient (Wildman–Crippen LogP) is 4.83. The van der Waals surface area contributed by atoms with E-state index in [1.807, 2.05) is 77.4 Å². The first kappa shape index (κ1) is 22.7. The smallest absolute Gasteiger partial charge is 0.242 e. The molecule has 2 aromatic heterocycles. The quantitative estimate of drug-likeness (QED) is 0.250. The van der Waals surface area contributed by atoms with Crippen LogP contribution in [0, 0.1) is 0 Å². The van der Waals surface area contributed by atoms with Crippen molar-refractivity contribution < 1.29 is 9.53 Å². The van der Waals surface area contributed by atoms with E-state index in [1.165, 1.54) is 11.8 Å². The highest BCUT2D eigenvalue weighted by atomic mass is 32.2. The van der Waals surface area contributed by atoms with Crippen molar-refractivity contribution in [3.63, 3.8) is 0 Å². The molecule has 0 bridgehead atoms. The van der Waals surface area contributed by atoms with Gasteiger partial charge in [0.15, 0.2) is 11.0 Å². The first-order chi connectivity index (χ1) is 16.3. The molecule has 7 nitrogen and oxygen atoms in total. The highest BCUT2D eigenvalue weighted by molar-refractivity contribution is 7.99. The first-order valence-corrected chi connectivity index (χ1v) is 11.6. The standard InChI is InChI=1S/C25H25N5O2S/c1-32-18-8-17-29-24(20-13-15-26-16-14-20)27-28-25(29)33-19-23(31)30(21-9-4-2-5-10-21)22-11-6-3-7-12-22/h2-7,9-16H,8,17-19H2,1H3. The van der Waals surface area contributed by atoms with Gasteiger partial charge in [0.25, 0.3) is 0 Å². The molecule has 0 aliphatic carbocycles. The monoisotopic (exact) mass is 459 g/mol. The fraction of sp³-hybridized carbons (Fsp3) is 0.200. The summed E-state index contributed by atoms with van der Waals surface area (Å²) in [5, 5.41) is 9.50. The van der Waals surface area contributed by atoms with E-state index in [0.29, 0.717) is 18.3 Å². The van der Waals surface area contributed by atoms with E-state index in [2.05, 4.69) is 15.2 Å². The van der Waals surface area contributed by atoms with Crippen LogP contribution in [-0.4, -0.2) is 45.1 Å². The molecule has 0 fully saturated rings. The van der Waals surface area contributed by atoms with E-state index in [4.69, 9.17) is 4.74 Å². The van der Waals surface area contributed by atoms with Crippen molar-refractivity contribution in [2.45, 2.75) is 18.1 Å². The lowest BCUT2D eigenvalue weighted by molar-refractivity contribution is -0.115. The van der Waals surface area contributed by atoms with Gasteiger partial charge < -0.3 is 9.30 Å². The Morgan fingerprint density at radius 2 is 1.58 bits per heavy atom. The molecule has 0 saturated heterocycles. The molecule has 2 aromatic carbocycles. The highest BCUT2D eigenvalue weighted by Gasteiger charge is 2.21. The van der Waals surface area contributed by atoms with Gasteiger partial charge in [0, 0.05) is 49.6 Å². The van der Waals surface area contributed by atoms with Gasteiger partial charge >= 0.3 is 0 Å². The molecule has 168 valence electrons. The van der Waals surface area contributed by atoms with Crippen LogP contribution in [0.25, 0.3) is 11.4 Å². The molecular formula is C25H25N5O2S. The minimum Gasteiger partial charge on any atom is -0.385 e. The molecule has 33 heavy (non-hydrogen) atoms. The van der Waals surface area contributed by atoms with Crippen LogP contribution in [0.2, 0.25) is 0 Å². The van der Waals surface area contributed by atoms with Crippen LogP contribution < -0.4 is 4.90 Å². The third-order valence-corrected chi connectivity index (χ3v) is 5.94. The Kier molecular flexibility index (Phi) is 7.84. The van der Waals surface area contributed by atoms with E-state index in [1.54, 1.807) is 24.4 Å². The topological polar surface area (TPSA) is 73.1 Å².